The summed E-state index contributed by atoms with van der Waals surface area (Å²) in [6.45, 7) is 1.81. The molecule has 0 amide bonds. The zero-order valence-electron chi connectivity index (χ0n) is 9.29. The van der Waals surface area contributed by atoms with Gasteiger partial charge in [-0.1, -0.05) is 6.07 Å². The highest BCUT2D eigenvalue weighted by Crippen LogP contribution is 2.16. The number of furan rings is 1. The molecule has 2 aromatic rings. The van der Waals surface area contributed by atoms with Crippen molar-refractivity contribution in [2.45, 2.75) is 23.6 Å². The van der Waals surface area contributed by atoms with Crippen molar-refractivity contribution in [1.82, 2.24) is 4.72 Å². The molecular weight excluding hydrogens is 258 g/mol. The second kappa shape index (κ2) is 5.03. The highest BCUT2D eigenvalue weighted by atomic mass is 32.2. The summed E-state index contributed by atoms with van der Waals surface area (Å²) in [6.07, 6.45) is 2.12. The van der Waals surface area contributed by atoms with E-state index in [0.717, 1.165) is 5.76 Å². The fourth-order valence-electron chi connectivity index (χ4n) is 1.51. The van der Waals surface area contributed by atoms with Gasteiger partial charge in [0.25, 0.3) is 0 Å². The Balaban J connectivity index is 2.01. The lowest BCUT2D eigenvalue weighted by atomic mass is 10.2. The minimum absolute atomic E-state index is 0.201. The molecule has 0 fully saturated rings. The monoisotopic (exact) mass is 271 g/mol. The molecule has 0 aromatic carbocycles. The van der Waals surface area contributed by atoms with E-state index >= 15 is 0 Å². The molecule has 0 radical (unpaired) electrons. The van der Waals surface area contributed by atoms with E-state index in [1.165, 1.54) is 11.3 Å². The van der Waals surface area contributed by atoms with E-state index in [1.54, 1.807) is 29.8 Å². The first-order valence-corrected chi connectivity index (χ1v) is 7.52. The Morgan fingerprint density at radius 2 is 2.24 bits per heavy atom. The van der Waals surface area contributed by atoms with Gasteiger partial charge >= 0.3 is 0 Å². The van der Waals surface area contributed by atoms with Crippen molar-refractivity contribution >= 4 is 21.4 Å². The molecule has 1 N–H and O–H groups in total. The molecule has 0 unspecified atom stereocenters. The molecule has 2 aromatic heterocycles. The van der Waals surface area contributed by atoms with Crippen molar-refractivity contribution in [3.8, 4) is 0 Å². The van der Waals surface area contributed by atoms with Crippen LogP contribution < -0.4 is 4.72 Å². The Hall–Kier alpha value is -1.11. The molecular formula is C11H13NO3S2. The average Bonchev–Trinajstić information content (AvgIpc) is 2.87. The van der Waals surface area contributed by atoms with Gasteiger partial charge in [0.15, 0.2) is 0 Å². The number of nitrogens with one attached hydrogen (secondary N) is 1. The first-order valence-electron chi connectivity index (χ1n) is 5.16. The molecule has 0 aliphatic heterocycles. The number of thiophene rings is 1. The summed E-state index contributed by atoms with van der Waals surface area (Å²) in [4.78, 5) is 0. The van der Waals surface area contributed by atoms with Crippen LogP contribution in [0.15, 0.2) is 44.5 Å². The maximum Gasteiger partial charge on any atom is 0.250 e. The van der Waals surface area contributed by atoms with Gasteiger partial charge in [-0.25, -0.2) is 13.1 Å². The Labute approximate surface area is 104 Å². The highest BCUT2D eigenvalue weighted by Gasteiger charge is 2.18. The van der Waals surface area contributed by atoms with E-state index in [1.807, 2.05) is 13.0 Å². The predicted molar refractivity (Wildman–Crippen MR) is 66.5 cm³/mol. The molecule has 17 heavy (non-hydrogen) atoms. The van der Waals surface area contributed by atoms with Crippen molar-refractivity contribution in [2.75, 3.05) is 0 Å². The van der Waals surface area contributed by atoms with Gasteiger partial charge in [-0.3, -0.25) is 0 Å². The molecule has 92 valence electrons. The third-order valence-corrected chi connectivity index (χ3v) is 5.19. The Kier molecular flexibility index (Phi) is 3.66. The Morgan fingerprint density at radius 1 is 1.41 bits per heavy atom. The van der Waals surface area contributed by atoms with Gasteiger partial charge in [0.2, 0.25) is 10.0 Å². The number of sulfonamides is 1. The van der Waals surface area contributed by atoms with Crippen LogP contribution >= 0.6 is 11.3 Å². The summed E-state index contributed by atoms with van der Waals surface area (Å²) in [5.41, 5.74) is 0. The summed E-state index contributed by atoms with van der Waals surface area (Å²) >= 11 is 1.21. The standard InChI is InChI=1S/C11H13NO3S2/c1-9(8-10-4-2-6-15-10)12-17(13,14)11-5-3-7-16-11/h2-7,9,12H,8H2,1H3/t9-/m0/s1. The molecule has 1 atom stereocenters. The Bertz CT molecular complexity index is 544. The third kappa shape index (κ3) is 3.18. The zero-order valence-corrected chi connectivity index (χ0v) is 10.9. The normalized spacial score (nSPS) is 13.7. The Morgan fingerprint density at radius 3 is 2.82 bits per heavy atom. The molecule has 0 saturated heterocycles. The quantitative estimate of drug-likeness (QED) is 0.907. The first kappa shape index (κ1) is 12.3. The van der Waals surface area contributed by atoms with Crippen molar-refractivity contribution in [2.24, 2.45) is 0 Å². The topological polar surface area (TPSA) is 59.3 Å². The van der Waals surface area contributed by atoms with Crippen LogP contribution in [0.2, 0.25) is 0 Å². The minimum Gasteiger partial charge on any atom is -0.469 e. The molecule has 2 heterocycles. The average molecular weight is 271 g/mol. The lowest BCUT2D eigenvalue weighted by molar-refractivity contribution is 0.479. The second-order valence-electron chi connectivity index (χ2n) is 3.74. The molecule has 0 aliphatic carbocycles. The van der Waals surface area contributed by atoms with E-state index in [2.05, 4.69) is 4.72 Å². The summed E-state index contributed by atoms with van der Waals surface area (Å²) in [5, 5.41) is 1.74. The van der Waals surface area contributed by atoms with Gasteiger partial charge in [-0.15, -0.1) is 11.3 Å². The lowest BCUT2D eigenvalue weighted by Crippen LogP contribution is -2.33. The summed E-state index contributed by atoms with van der Waals surface area (Å²) in [7, 11) is -3.39. The number of rotatable bonds is 5. The maximum absolute atomic E-state index is 11.9. The van der Waals surface area contributed by atoms with Crippen molar-refractivity contribution < 1.29 is 12.8 Å². The van der Waals surface area contributed by atoms with E-state index in [0.29, 0.717) is 10.6 Å². The summed E-state index contributed by atoms with van der Waals surface area (Å²) < 4.78 is 31.9. The van der Waals surface area contributed by atoms with Gasteiger partial charge < -0.3 is 4.42 Å². The van der Waals surface area contributed by atoms with Gasteiger partial charge in [-0.05, 0) is 30.5 Å². The molecule has 0 bridgehead atoms. The highest BCUT2D eigenvalue weighted by molar-refractivity contribution is 7.91. The summed E-state index contributed by atoms with van der Waals surface area (Å²) in [5.74, 6) is 0.770. The molecule has 6 heteroatoms. The van der Waals surface area contributed by atoms with Crippen LogP contribution in [0.3, 0.4) is 0 Å². The van der Waals surface area contributed by atoms with E-state index in [4.69, 9.17) is 4.42 Å². The number of hydrogen-bond acceptors (Lipinski definition) is 4. The predicted octanol–water partition coefficient (Wildman–Crippen LogP) is 2.25. The van der Waals surface area contributed by atoms with E-state index in [-0.39, 0.29) is 6.04 Å². The van der Waals surface area contributed by atoms with Gasteiger partial charge in [-0.2, -0.15) is 0 Å². The van der Waals surface area contributed by atoms with Crippen molar-refractivity contribution in [3.63, 3.8) is 0 Å². The van der Waals surface area contributed by atoms with Crippen LogP contribution in [0.4, 0.5) is 0 Å². The van der Waals surface area contributed by atoms with E-state index < -0.39 is 10.0 Å². The maximum atomic E-state index is 11.9. The van der Waals surface area contributed by atoms with Crippen LogP contribution in [0, 0.1) is 0 Å². The number of hydrogen-bond donors (Lipinski definition) is 1. The van der Waals surface area contributed by atoms with Gasteiger partial charge in [0.05, 0.1) is 6.26 Å². The molecule has 0 spiro atoms. The molecule has 2 rings (SSSR count). The van der Waals surface area contributed by atoms with Crippen LogP contribution in [0.5, 0.6) is 0 Å². The van der Waals surface area contributed by atoms with Crippen LogP contribution in [0.1, 0.15) is 12.7 Å². The van der Waals surface area contributed by atoms with Crippen LogP contribution in [-0.4, -0.2) is 14.5 Å². The van der Waals surface area contributed by atoms with Crippen molar-refractivity contribution in [3.05, 3.63) is 41.7 Å². The smallest absolute Gasteiger partial charge is 0.250 e. The third-order valence-electron chi connectivity index (χ3n) is 2.20. The zero-order chi connectivity index (χ0) is 12.3. The minimum atomic E-state index is -3.39. The van der Waals surface area contributed by atoms with Crippen LogP contribution in [-0.2, 0) is 16.4 Å². The fraction of sp³-hybridized carbons (Fsp3) is 0.273. The van der Waals surface area contributed by atoms with Crippen molar-refractivity contribution in [1.29, 1.82) is 0 Å². The SMILES string of the molecule is C[C@@H](Cc1ccco1)NS(=O)(=O)c1cccs1. The molecule has 0 saturated carbocycles. The second-order valence-corrected chi connectivity index (χ2v) is 6.63. The van der Waals surface area contributed by atoms with Gasteiger partial charge in [0, 0.05) is 12.5 Å². The lowest BCUT2D eigenvalue weighted by Gasteiger charge is -2.11. The van der Waals surface area contributed by atoms with E-state index in [9.17, 15) is 8.42 Å². The fourth-order valence-corrected chi connectivity index (χ4v) is 3.76. The van der Waals surface area contributed by atoms with Crippen LogP contribution in [0.25, 0.3) is 0 Å². The largest absolute Gasteiger partial charge is 0.469 e. The molecule has 0 aliphatic rings. The summed E-state index contributed by atoms with van der Waals surface area (Å²) in [6, 6.07) is 6.72. The van der Waals surface area contributed by atoms with Gasteiger partial charge in [0.1, 0.15) is 9.97 Å². The first-order chi connectivity index (χ1) is 8.08. The molecule has 4 nitrogen and oxygen atoms in total.